The van der Waals surface area contributed by atoms with Crippen LogP contribution in [0.3, 0.4) is 0 Å². The van der Waals surface area contributed by atoms with Gasteiger partial charge in [-0.25, -0.2) is 4.79 Å². The standard InChI is InChI=1S/C13H16BrNO3S/c1-8-7-9(14)3-4-10(8)12(16)15-11(13(17)18)5-6-19-2/h3-4,7,11H,5-6H2,1-2H3,(H,15,16)(H,17,18)/t11-/m0/s1. The van der Waals surface area contributed by atoms with Crippen LogP contribution in [0.2, 0.25) is 0 Å². The number of rotatable bonds is 6. The lowest BCUT2D eigenvalue weighted by atomic mass is 10.1. The molecule has 0 radical (unpaired) electrons. The Morgan fingerprint density at radius 1 is 1.47 bits per heavy atom. The molecule has 0 aliphatic rings. The van der Waals surface area contributed by atoms with Crippen LogP contribution in [0, 0.1) is 6.92 Å². The van der Waals surface area contributed by atoms with E-state index in [0.29, 0.717) is 17.7 Å². The van der Waals surface area contributed by atoms with Crippen LogP contribution in [0.4, 0.5) is 0 Å². The number of hydrogen-bond acceptors (Lipinski definition) is 3. The number of carboxylic acids is 1. The maximum atomic E-state index is 12.1. The van der Waals surface area contributed by atoms with Crippen LogP contribution in [0.1, 0.15) is 22.3 Å². The minimum atomic E-state index is -1.00. The number of hydrogen-bond donors (Lipinski definition) is 2. The first kappa shape index (κ1) is 16.0. The largest absolute Gasteiger partial charge is 0.480 e. The number of nitrogens with one attached hydrogen (secondary N) is 1. The number of thioether (sulfide) groups is 1. The van der Waals surface area contributed by atoms with Crippen LogP contribution < -0.4 is 5.32 Å². The summed E-state index contributed by atoms with van der Waals surface area (Å²) >= 11 is 4.88. The van der Waals surface area contributed by atoms with Crippen molar-refractivity contribution in [2.24, 2.45) is 0 Å². The topological polar surface area (TPSA) is 66.4 Å². The van der Waals surface area contributed by atoms with Crippen LogP contribution in [0.25, 0.3) is 0 Å². The Labute approximate surface area is 125 Å². The van der Waals surface area contributed by atoms with E-state index in [1.807, 2.05) is 19.2 Å². The van der Waals surface area contributed by atoms with Gasteiger partial charge in [0.2, 0.25) is 0 Å². The lowest BCUT2D eigenvalue weighted by molar-refractivity contribution is -0.139. The molecule has 0 aliphatic heterocycles. The second kappa shape index (κ2) is 7.55. The third kappa shape index (κ3) is 4.87. The normalized spacial score (nSPS) is 11.9. The summed E-state index contributed by atoms with van der Waals surface area (Å²) in [5.74, 6) is -0.660. The third-order valence-corrected chi connectivity index (χ3v) is 3.78. The number of benzene rings is 1. The average Bonchev–Trinajstić information content (AvgIpc) is 2.33. The second-order valence-corrected chi connectivity index (χ2v) is 6.01. The maximum absolute atomic E-state index is 12.1. The highest BCUT2D eigenvalue weighted by Crippen LogP contribution is 2.16. The molecule has 0 fully saturated rings. The number of carbonyl (C=O) groups excluding carboxylic acids is 1. The lowest BCUT2D eigenvalue weighted by Gasteiger charge is -2.15. The molecule has 0 heterocycles. The number of halogens is 1. The van der Waals surface area contributed by atoms with Crippen molar-refractivity contribution in [2.75, 3.05) is 12.0 Å². The van der Waals surface area contributed by atoms with Crippen molar-refractivity contribution in [1.29, 1.82) is 0 Å². The van der Waals surface area contributed by atoms with Crippen LogP contribution in [0.15, 0.2) is 22.7 Å². The molecule has 0 spiro atoms. The summed E-state index contributed by atoms with van der Waals surface area (Å²) < 4.78 is 0.888. The summed E-state index contributed by atoms with van der Waals surface area (Å²) in [6.45, 7) is 1.82. The van der Waals surface area contributed by atoms with Gasteiger partial charge in [-0.05, 0) is 49.1 Å². The van der Waals surface area contributed by atoms with Gasteiger partial charge in [-0.15, -0.1) is 0 Å². The molecule has 0 saturated carbocycles. The van der Waals surface area contributed by atoms with E-state index in [2.05, 4.69) is 21.2 Å². The summed E-state index contributed by atoms with van der Waals surface area (Å²) in [5, 5.41) is 11.6. The number of carbonyl (C=O) groups is 2. The predicted octanol–water partition coefficient (Wildman–Crippen LogP) is 2.69. The Kier molecular flexibility index (Phi) is 6.37. The van der Waals surface area contributed by atoms with Gasteiger partial charge in [-0.2, -0.15) is 11.8 Å². The fraction of sp³-hybridized carbons (Fsp3) is 0.385. The number of aryl methyl sites for hydroxylation is 1. The zero-order valence-electron chi connectivity index (χ0n) is 10.8. The molecule has 1 aromatic carbocycles. The van der Waals surface area contributed by atoms with E-state index in [4.69, 9.17) is 5.11 Å². The van der Waals surface area contributed by atoms with Gasteiger partial charge in [0.1, 0.15) is 6.04 Å². The lowest BCUT2D eigenvalue weighted by Crippen LogP contribution is -2.41. The summed E-state index contributed by atoms with van der Waals surface area (Å²) in [4.78, 5) is 23.1. The zero-order valence-corrected chi connectivity index (χ0v) is 13.2. The molecule has 0 aliphatic carbocycles. The van der Waals surface area contributed by atoms with Crippen molar-refractivity contribution < 1.29 is 14.7 Å². The van der Waals surface area contributed by atoms with E-state index < -0.39 is 12.0 Å². The van der Waals surface area contributed by atoms with E-state index in [-0.39, 0.29) is 5.91 Å². The number of aliphatic carboxylic acids is 1. The van der Waals surface area contributed by atoms with Gasteiger partial charge < -0.3 is 10.4 Å². The molecule has 1 rings (SSSR count). The van der Waals surface area contributed by atoms with Crippen molar-refractivity contribution >= 4 is 39.6 Å². The van der Waals surface area contributed by atoms with Gasteiger partial charge in [0.05, 0.1) is 0 Å². The quantitative estimate of drug-likeness (QED) is 0.831. The molecule has 4 nitrogen and oxygen atoms in total. The molecule has 2 N–H and O–H groups in total. The van der Waals surface area contributed by atoms with Crippen molar-refractivity contribution in [3.63, 3.8) is 0 Å². The molecule has 0 saturated heterocycles. The van der Waals surface area contributed by atoms with Crippen LogP contribution in [-0.4, -0.2) is 35.0 Å². The summed E-state index contributed by atoms with van der Waals surface area (Å²) in [6, 6.07) is 4.43. The maximum Gasteiger partial charge on any atom is 0.326 e. The van der Waals surface area contributed by atoms with Crippen molar-refractivity contribution in [3.05, 3.63) is 33.8 Å². The van der Waals surface area contributed by atoms with Crippen molar-refractivity contribution in [2.45, 2.75) is 19.4 Å². The van der Waals surface area contributed by atoms with Crippen molar-refractivity contribution in [1.82, 2.24) is 5.32 Å². The fourth-order valence-corrected chi connectivity index (χ4v) is 2.56. The zero-order chi connectivity index (χ0) is 14.4. The van der Waals surface area contributed by atoms with Gasteiger partial charge in [0.25, 0.3) is 5.91 Å². The number of amides is 1. The minimum Gasteiger partial charge on any atom is -0.480 e. The van der Waals surface area contributed by atoms with Gasteiger partial charge in [0.15, 0.2) is 0 Å². The van der Waals surface area contributed by atoms with Crippen LogP contribution >= 0.6 is 27.7 Å². The van der Waals surface area contributed by atoms with Gasteiger partial charge in [0, 0.05) is 10.0 Å². The highest BCUT2D eigenvalue weighted by molar-refractivity contribution is 9.10. The smallest absolute Gasteiger partial charge is 0.326 e. The number of carboxylic acid groups (broad SMARTS) is 1. The molecule has 104 valence electrons. The van der Waals surface area contributed by atoms with Crippen LogP contribution in [0.5, 0.6) is 0 Å². The molecule has 0 aromatic heterocycles. The monoisotopic (exact) mass is 345 g/mol. The summed E-state index contributed by atoms with van der Waals surface area (Å²) in [6.07, 6.45) is 2.32. The third-order valence-electron chi connectivity index (χ3n) is 2.65. The first-order valence-corrected chi connectivity index (χ1v) is 7.93. The van der Waals surface area contributed by atoms with Gasteiger partial charge >= 0.3 is 5.97 Å². The molecule has 0 unspecified atom stereocenters. The molecular formula is C13H16BrNO3S. The fourth-order valence-electron chi connectivity index (χ4n) is 1.61. The van der Waals surface area contributed by atoms with E-state index in [9.17, 15) is 9.59 Å². The van der Waals surface area contributed by atoms with Crippen LogP contribution in [-0.2, 0) is 4.79 Å². The van der Waals surface area contributed by atoms with E-state index in [1.165, 1.54) is 0 Å². The summed E-state index contributed by atoms with van der Waals surface area (Å²) in [5.41, 5.74) is 1.31. The molecule has 6 heteroatoms. The molecular weight excluding hydrogens is 330 g/mol. The van der Waals surface area contributed by atoms with E-state index in [1.54, 1.807) is 23.9 Å². The Morgan fingerprint density at radius 2 is 2.16 bits per heavy atom. The molecule has 1 amide bonds. The highest BCUT2D eigenvalue weighted by atomic mass is 79.9. The Bertz CT molecular complexity index is 479. The first-order chi connectivity index (χ1) is 8.95. The molecule has 1 atom stereocenters. The Morgan fingerprint density at radius 3 is 2.68 bits per heavy atom. The Balaban J connectivity index is 2.78. The molecule has 1 aromatic rings. The minimum absolute atomic E-state index is 0.349. The average molecular weight is 346 g/mol. The molecule has 0 bridgehead atoms. The van der Waals surface area contributed by atoms with E-state index >= 15 is 0 Å². The first-order valence-electron chi connectivity index (χ1n) is 5.74. The summed E-state index contributed by atoms with van der Waals surface area (Å²) in [7, 11) is 0. The molecule has 19 heavy (non-hydrogen) atoms. The predicted molar refractivity (Wildman–Crippen MR) is 80.8 cm³/mol. The van der Waals surface area contributed by atoms with E-state index in [0.717, 1.165) is 10.0 Å². The highest BCUT2D eigenvalue weighted by Gasteiger charge is 2.20. The Hall–Kier alpha value is -1.01. The van der Waals surface area contributed by atoms with Gasteiger partial charge in [-0.1, -0.05) is 15.9 Å². The van der Waals surface area contributed by atoms with Gasteiger partial charge in [-0.3, -0.25) is 4.79 Å². The SMILES string of the molecule is CSCC[C@H](NC(=O)c1ccc(Br)cc1C)C(=O)O. The second-order valence-electron chi connectivity index (χ2n) is 4.11. The van der Waals surface area contributed by atoms with Crippen molar-refractivity contribution in [3.8, 4) is 0 Å².